The molecule has 21 heteroatoms. The Kier molecular flexibility index (Phi) is 8.53. The van der Waals surface area contributed by atoms with Crippen LogP contribution in [0, 0.1) is 0 Å². The Balaban J connectivity index is 1.99. The van der Waals surface area contributed by atoms with Gasteiger partial charge < -0.3 is 49.8 Å². The van der Waals surface area contributed by atoms with Crippen molar-refractivity contribution in [1.29, 1.82) is 0 Å². The van der Waals surface area contributed by atoms with E-state index in [2.05, 4.69) is 23.5 Å². The first-order valence-electron chi connectivity index (χ1n) is 8.29. The Morgan fingerprint density at radius 2 is 1.75 bits per heavy atom. The second-order valence-corrected chi connectivity index (χ2v) is 10.7. The van der Waals surface area contributed by atoms with Crippen molar-refractivity contribution in [2.24, 2.45) is 4.99 Å². The summed E-state index contributed by atoms with van der Waals surface area (Å²) < 4.78 is 50.4. The monoisotopic (exact) mass is 527 g/mol. The van der Waals surface area contributed by atoms with Gasteiger partial charge in [0.2, 0.25) is 12.3 Å². The maximum atomic E-state index is 11.8. The lowest BCUT2D eigenvalue weighted by Crippen LogP contribution is -2.48. The molecule has 18 nitrogen and oxygen atoms in total. The van der Waals surface area contributed by atoms with Crippen molar-refractivity contribution in [2.45, 2.75) is 37.8 Å². The normalized spacial score (nSPS) is 32.2. The molecule has 0 aromatic rings. The summed E-state index contributed by atoms with van der Waals surface area (Å²) in [4.78, 5) is 51.2. The van der Waals surface area contributed by atoms with Gasteiger partial charge in [0, 0.05) is 13.1 Å². The van der Waals surface area contributed by atoms with E-state index >= 15 is 0 Å². The molecule has 1 fully saturated rings. The molecule has 4 unspecified atom stereocenters. The van der Waals surface area contributed by atoms with Crippen molar-refractivity contribution in [3.05, 3.63) is 12.3 Å². The first-order valence-corrected chi connectivity index (χ1v) is 12.8. The number of carbonyl (C=O) groups excluding carboxylic acids is 1. The van der Waals surface area contributed by atoms with Gasteiger partial charge in [-0.25, -0.2) is 18.7 Å². The second-order valence-electron chi connectivity index (χ2n) is 6.24. The zero-order valence-electron chi connectivity index (χ0n) is 15.9. The fraction of sp³-hybridized carbons (Fsp3) is 0.636. The number of phosphoric acid groups is 3. The Bertz CT molecular complexity index is 920. The molecule has 0 aliphatic carbocycles. The van der Waals surface area contributed by atoms with Crippen LogP contribution >= 0.6 is 23.5 Å². The van der Waals surface area contributed by atoms with Crippen molar-refractivity contribution >= 4 is 35.2 Å². The van der Waals surface area contributed by atoms with Crippen LogP contribution in [0.1, 0.15) is 6.92 Å². The number of hydrogen-bond donors (Lipinski definition) is 8. The van der Waals surface area contributed by atoms with Gasteiger partial charge in [0.05, 0.1) is 6.61 Å². The van der Waals surface area contributed by atoms with Crippen LogP contribution in [0.25, 0.3) is 0 Å². The first-order chi connectivity index (χ1) is 14.5. The lowest BCUT2D eigenvalue weighted by molar-refractivity contribution is -0.129. The number of phosphoric ester groups is 1. The number of rotatable bonds is 8. The van der Waals surface area contributed by atoms with Gasteiger partial charge in [-0.05, 0) is 6.08 Å². The molecule has 32 heavy (non-hydrogen) atoms. The van der Waals surface area contributed by atoms with E-state index < -0.39 is 66.9 Å². The summed E-state index contributed by atoms with van der Waals surface area (Å²) in [5.41, 5.74) is 0. The lowest BCUT2D eigenvalue weighted by Gasteiger charge is -2.33. The summed E-state index contributed by atoms with van der Waals surface area (Å²) in [5, 5.41) is 32.6. The van der Waals surface area contributed by atoms with E-state index in [9.17, 15) is 38.7 Å². The van der Waals surface area contributed by atoms with Crippen LogP contribution in [0.3, 0.4) is 0 Å². The number of nitrogens with one attached hydrogen (secondary N) is 1. The van der Waals surface area contributed by atoms with Crippen LogP contribution in [0.5, 0.6) is 0 Å². The summed E-state index contributed by atoms with van der Waals surface area (Å²) >= 11 is 0. The molecule has 0 saturated carbocycles. The van der Waals surface area contributed by atoms with Gasteiger partial charge in [-0.1, -0.05) is 0 Å². The molecule has 1 amide bonds. The van der Waals surface area contributed by atoms with Crippen molar-refractivity contribution in [3.8, 4) is 0 Å². The predicted octanol–water partition coefficient (Wildman–Crippen LogP) is -2.58. The largest absolute Gasteiger partial charge is 0.490 e. The van der Waals surface area contributed by atoms with E-state index in [1.165, 1.54) is 19.2 Å². The number of nitrogens with zero attached hydrogens (tertiary/aromatic N) is 2. The van der Waals surface area contributed by atoms with Crippen LogP contribution in [0.2, 0.25) is 0 Å². The van der Waals surface area contributed by atoms with Gasteiger partial charge in [0.1, 0.15) is 24.1 Å². The Morgan fingerprint density at radius 3 is 2.28 bits per heavy atom. The van der Waals surface area contributed by atoms with Gasteiger partial charge in [-0.2, -0.15) is 8.62 Å². The summed E-state index contributed by atoms with van der Waals surface area (Å²) in [6.45, 7) is 0.185. The summed E-state index contributed by atoms with van der Waals surface area (Å²) in [7, 11) is -16.8. The average Bonchev–Trinajstić information content (AvgIpc) is 2.85. The maximum Gasteiger partial charge on any atom is 0.490 e. The molecule has 8 N–H and O–H groups in total. The summed E-state index contributed by atoms with van der Waals surface area (Å²) in [5.74, 6) is -0.466. The van der Waals surface area contributed by atoms with Crippen molar-refractivity contribution in [1.82, 2.24) is 10.2 Å². The smallest absolute Gasteiger partial charge is 0.387 e. The molecule has 0 radical (unpaired) electrons. The number of aliphatic hydroxyl groups excluding tert-OH is 3. The third-order valence-corrected chi connectivity index (χ3v) is 7.48. The van der Waals surface area contributed by atoms with Crippen LogP contribution in [-0.4, -0.2) is 89.0 Å². The molecular formula is C11H20N3O15P3. The molecule has 2 heterocycles. The van der Waals surface area contributed by atoms with E-state index in [4.69, 9.17) is 19.4 Å². The van der Waals surface area contributed by atoms with Gasteiger partial charge in [-0.15, -0.1) is 0 Å². The highest BCUT2D eigenvalue weighted by atomic mass is 31.3. The Hall–Kier alpha value is -1.07. The fourth-order valence-corrected chi connectivity index (χ4v) is 5.55. The van der Waals surface area contributed by atoms with Crippen LogP contribution in [-0.2, 0) is 36.4 Å². The molecule has 0 aromatic heterocycles. The molecule has 0 bridgehead atoms. The third kappa shape index (κ3) is 7.76. The SMILES string of the molecule is CC(=O)NC1=NC(O)N([C@@H]2O[C@H](COP(=O)(O)OP(=O)(O)OP(=O)(O)O)C(O)[C@@H]2O)C=C1. The highest BCUT2D eigenvalue weighted by Crippen LogP contribution is 2.66. The van der Waals surface area contributed by atoms with E-state index in [1.54, 1.807) is 0 Å². The van der Waals surface area contributed by atoms with Gasteiger partial charge in [0.15, 0.2) is 6.23 Å². The molecule has 2 rings (SSSR count). The van der Waals surface area contributed by atoms with E-state index in [0.717, 1.165) is 4.90 Å². The minimum atomic E-state index is -5.73. The minimum absolute atomic E-state index is 0.00139. The van der Waals surface area contributed by atoms with Crippen molar-refractivity contribution < 1.29 is 71.3 Å². The molecule has 2 aliphatic heterocycles. The molecule has 0 aromatic carbocycles. The molecule has 1 saturated heterocycles. The van der Waals surface area contributed by atoms with Crippen LogP contribution < -0.4 is 5.32 Å². The maximum absolute atomic E-state index is 11.8. The zero-order valence-corrected chi connectivity index (χ0v) is 18.6. The minimum Gasteiger partial charge on any atom is -0.387 e. The molecule has 0 spiro atoms. The van der Waals surface area contributed by atoms with Gasteiger partial charge in [0.25, 0.3) is 0 Å². The number of ether oxygens (including phenoxy) is 1. The van der Waals surface area contributed by atoms with Crippen LogP contribution in [0.15, 0.2) is 17.3 Å². The quantitative estimate of drug-likeness (QED) is 0.150. The number of aliphatic imine (C=N–C) groups is 1. The number of amidine groups is 1. The van der Waals surface area contributed by atoms with Crippen LogP contribution in [0.4, 0.5) is 0 Å². The molecule has 7 atom stereocenters. The van der Waals surface area contributed by atoms with Crippen molar-refractivity contribution in [2.75, 3.05) is 6.61 Å². The predicted molar refractivity (Wildman–Crippen MR) is 98.7 cm³/mol. The molecule has 184 valence electrons. The average molecular weight is 527 g/mol. The first kappa shape index (κ1) is 27.2. The summed E-state index contributed by atoms with van der Waals surface area (Å²) in [6.07, 6.45) is -5.69. The van der Waals surface area contributed by atoms with E-state index in [0.29, 0.717) is 0 Å². The topological polar surface area (TPSA) is 274 Å². The number of carbonyl (C=O) groups is 1. The third-order valence-electron chi connectivity index (χ3n) is 3.68. The number of amides is 1. The Labute approximate surface area is 179 Å². The van der Waals surface area contributed by atoms with E-state index in [1.807, 2.05) is 0 Å². The second kappa shape index (κ2) is 10.0. The number of aliphatic hydroxyl groups is 3. The Morgan fingerprint density at radius 1 is 1.12 bits per heavy atom. The highest BCUT2D eigenvalue weighted by molar-refractivity contribution is 7.66. The zero-order chi connectivity index (χ0) is 24.5. The lowest BCUT2D eigenvalue weighted by atomic mass is 10.1. The van der Waals surface area contributed by atoms with Gasteiger partial charge in [-0.3, -0.25) is 9.32 Å². The fourth-order valence-electron chi connectivity index (χ4n) is 2.52. The standard InChI is InChI=1S/C11H20N3O15P3/c1-5(15)12-7-2-3-14(11(18)13-7)10-9(17)8(16)6(27-10)4-26-31(22,23)29-32(24,25)28-30(19,20)21/h2-3,6,8-11,16-18H,4H2,1H3,(H,22,23)(H,24,25)(H,12,13,15)(H2,19,20,21)/t6-,8?,9+,10-,11?/m1/s1. The van der Waals surface area contributed by atoms with Gasteiger partial charge >= 0.3 is 23.5 Å². The summed E-state index contributed by atoms with van der Waals surface area (Å²) in [6, 6.07) is 0. The van der Waals surface area contributed by atoms with Crippen molar-refractivity contribution in [3.63, 3.8) is 0 Å². The molecule has 2 aliphatic rings. The van der Waals surface area contributed by atoms with E-state index in [-0.39, 0.29) is 5.84 Å². The highest BCUT2D eigenvalue weighted by Gasteiger charge is 2.48. The molecular weight excluding hydrogens is 507 g/mol. The number of hydrogen-bond acceptors (Lipinski definition) is 13.